The number of benzene rings is 1. The first kappa shape index (κ1) is 18.7. The van der Waals surface area contributed by atoms with Gasteiger partial charge in [0.15, 0.2) is 0 Å². The highest BCUT2D eigenvalue weighted by atomic mass is 32.2. The lowest BCUT2D eigenvalue weighted by Crippen LogP contribution is -2.41. The van der Waals surface area contributed by atoms with Crippen molar-refractivity contribution in [1.82, 2.24) is 15.5 Å². The highest BCUT2D eigenvalue weighted by Gasteiger charge is 2.16. The zero-order valence-electron chi connectivity index (χ0n) is 15.1. The van der Waals surface area contributed by atoms with Crippen molar-refractivity contribution in [2.75, 3.05) is 31.1 Å². The standard InChI is InChI=1S/C20H31N3OS/c24-20(13-19-16-25-12-9-21-19)22-14-17-5-7-18(8-6-17)15-23-10-3-1-2-4-11-23/h5-8,19,21H,1-4,9-16H2,(H,22,24). The molecular weight excluding hydrogens is 330 g/mol. The summed E-state index contributed by atoms with van der Waals surface area (Å²) in [4.78, 5) is 14.6. The molecule has 0 bridgehead atoms. The van der Waals surface area contributed by atoms with E-state index in [4.69, 9.17) is 0 Å². The summed E-state index contributed by atoms with van der Waals surface area (Å²) < 4.78 is 0. The minimum atomic E-state index is 0.147. The van der Waals surface area contributed by atoms with E-state index in [2.05, 4.69) is 39.8 Å². The first-order valence-electron chi connectivity index (χ1n) is 9.67. The third-order valence-corrected chi connectivity index (χ3v) is 6.18. The Labute approximate surface area is 156 Å². The monoisotopic (exact) mass is 361 g/mol. The van der Waals surface area contributed by atoms with Crippen LogP contribution in [0.4, 0.5) is 0 Å². The predicted molar refractivity (Wildman–Crippen MR) is 106 cm³/mol. The number of hydrogen-bond donors (Lipinski definition) is 2. The molecule has 1 aromatic rings. The summed E-state index contributed by atoms with van der Waals surface area (Å²) in [6, 6.07) is 9.07. The van der Waals surface area contributed by atoms with Crippen LogP contribution in [0.5, 0.6) is 0 Å². The molecule has 1 amide bonds. The normalized spacial score (nSPS) is 22.3. The van der Waals surface area contributed by atoms with Gasteiger partial charge < -0.3 is 10.6 Å². The van der Waals surface area contributed by atoms with Crippen LogP contribution >= 0.6 is 11.8 Å². The zero-order chi connectivity index (χ0) is 17.3. The van der Waals surface area contributed by atoms with Crippen LogP contribution in [0.25, 0.3) is 0 Å². The summed E-state index contributed by atoms with van der Waals surface area (Å²) in [5.41, 5.74) is 2.55. The zero-order valence-corrected chi connectivity index (χ0v) is 16.0. The van der Waals surface area contributed by atoms with Gasteiger partial charge in [0.2, 0.25) is 5.91 Å². The van der Waals surface area contributed by atoms with E-state index in [9.17, 15) is 4.79 Å². The molecule has 5 heteroatoms. The Morgan fingerprint density at radius 2 is 1.84 bits per heavy atom. The Balaban J connectivity index is 1.40. The maximum Gasteiger partial charge on any atom is 0.221 e. The SMILES string of the molecule is O=C(CC1CSCCN1)NCc1ccc(CN2CCCCCC2)cc1. The van der Waals surface area contributed by atoms with Crippen molar-refractivity contribution in [2.45, 2.75) is 51.2 Å². The molecule has 2 aliphatic rings. The molecular formula is C20H31N3OS. The van der Waals surface area contributed by atoms with Crippen LogP contribution in [0.1, 0.15) is 43.2 Å². The summed E-state index contributed by atoms with van der Waals surface area (Å²) >= 11 is 1.93. The van der Waals surface area contributed by atoms with Gasteiger partial charge in [0.25, 0.3) is 0 Å². The second-order valence-corrected chi connectivity index (χ2v) is 8.36. The van der Waals surface area contributed by atoms with Crippen LogP contribution in [0.2, 0.25) is 0 Å². The molecule has 2 saturated heterocycles. The van der Waals surface area contributed by atoms with Crippen LogP contribution in [-0.2, 0) is 17.9 Å². The van der Waals surface area contributed by atoms with Crippen molar-refractivity contribution >= 4 is 17.7 Å². The number of thioether (sulfide) groups is 1. The lowest BCUT2D eigenvalue weighted by molar-refractivity contribution is -0.121. The fraction of sp³-hybridized carbons (Fsp3) is 0.650. The third kappa shape index (κ3) is 6.65. The average molecular weight is 362 g/mol. The van der Waals surface area contributed by atoms with Gasteiger partial charge in [-0.25, -0.2) is 0 Å². The van der Waals surface area contributed by atoms with Gasteiger partial charge in [0.05, 0.1) is 0 Å². The van der Waals surface area contributed by atoms with Crippen molar-refractivity contribution < 1.29 is 4.79 Å². The molecule has 2 fully saturated rings. The Morgan fingerprint density at radius 3 is 2.52 bits per heavy atom. The van der Waals surface area contributed by atoms with Gasteiger partial charge in [-0.1, -0.05) is 37.1 Å². The van der Waals surface area contributed by atoms with E-state index >= 15 is 0 Å². The highest BCUT2D eigenvalue weighted by molar-refractivity contribution is 7.99. The first-order chi connectivity index (χ1) is 12.3. The van der Waals surface area contributed by atoms with Crippen molar-refractivity contribution in [3.63, 3.8) is 0 Å². The van der Waals surface area contributed by atoms with Crippen LogP contribution in [0.3, 0.4) is 0 Å². The summed E-state index contributed by atoms with van der Waals surface area (Å²) in [6.45, 7) is 5.15. The van der Waals surface area contributed by atoms with E-state index in [-0.39, 0.29) is 5.91 Å². The Hall–Kier alpha value is -1.04. The van der Waals surface area contributed by atoms with Crippen molar-refractivity contribution in [3.05, 3.63) is 35.4 Å². The number of rotatable bonds is 6. The van der Waals surface area contributed by atoms with Crippen LogP contribution < -0.4 is 10.6 Å². The number of hydrogen-bond acceptors (Lipinski definition) is 4. The summed E-state index contributed by atoms with van der Waals surface area (Å²) in [7, 11) is 0. The number of carbonyl (C=O) groups is 1. The topological polar surface area (TPSA) is 44.4 Å². The first-order valence-corrected chi connectivity index (χ1v) is 10.8. The fourth-order valence-electron chi connectivity index (χ4n) is 3.56. The van der Waals surface area contributed by atoms with E-state index in [0.29, 0.717) is 19.0 Å². The van der Waals surface area contributed by atoms with Gasteiger partial charge >= 0.3 is 0 Å². The van der Waals surface area contributed by atoms with Gasteiger partial charge in [-0.2, -0.15) is 11.8 Å². The maximum absolute atomic E-state index is 12.1. The molecule has 4 nitrogen and oxygen atoms in total. The summed E-state index contributed by atoms with van der Waals surface area (Å²) in [5, 5.41) is 6.47. The minimum Gasteiger partial charge on any atom is -0.352 e. The second kappa shape index (κ2) is 10.2. The van der Waals surface area contributed by atoms with E-state index in [1.807, 2.05) is 11.8 Å². The molecule has 2 heterocycles. The maximum atomic E-state index is 12.1. The number of nitrogens with zero attached hydrogens (tertiary/aromatic N) is 1. The molecule has 0 saturated carbocycles. The largest absolute Gasteiger partial charge is 0.352 e. The smallest absolute Gasteiger partial charge is 0.221 e. The average Bonchev–Trinajstić information content (AvgIpc) is 2.91. The quantitative estimate of drug-likeness (QED) is 0.818. The number of likely N-dealkylation sites (tertiary alicyclic amines) is 1. The number of carbonyl (C=O) groups excluding carboxylic acids is 1. The highest BCUT2D eigenvalue weighted by Crippen LogP contribution is 2.14. The molecule has 3 rings (SSSR count). The van der Waals surface area contributed by atoms with Crippen LogP contribution in [0, 0.1) is 0 Å². The van der Waals surface area contributed by atoms with Crippen LogP contribution in [-0.4, -0.2) is 48.0 Å². The van der Waals surface area contributed by atoms with E-state index in [1.54, 1.807) is 0 Å². The lowest BCUT2D eigenvalue weighted by Gasteiger charge is -2.22. The number of amides is 1. The Bertz CT molecular complexity index is 520. The molecule has 0 spiro atoms. The molecule has 138 valence electrons. The molecule has 1 aromatic carbocycles. The molecule has 0 aliphatic carbocycles. The predicted octanol–water partition coefficient (Wildman–Crippen LogP) is 2.77. The Kier molecular flexibility index (Phi) is 7.64. The second-order valence-electron chi connectivity index (χ2n) is 7.21. The molecule has 2 N–H and O–H groups in total. The molecule has 1 atom stereocenters. The molecule has 25 heavy (non-hydrogen) atoms. The van der Waals surface area contributed by atoms with Crippen molar-refractivity contribution in [2.24, 2.45) is 0 Å². The summed E-state index contributed by atoms with van der Waals surface area (Å²) in [6.07, 6.45) is 6.01. The minimum absolute atomic E-state index is 0.147. The van der Waals surface area contributed by atoms with Crippen molar-refractivity contribution in [1.29, 1.82) is 0 Å². The third-order valence-electron chi connectivity index (χ3n) is 5.05. The van der Waals surface area contributed by atoms with Crippen LogP contribution in [0.15, 0.2) is 24.3 Å². The van der Waals surface area contributed by atoms with Gasteiger partial charge in [-0.05, 0) is 37.1 Å². The van der Waals surface area contributed by atoms with Gasteiger partial charge in [-0.15, -0.1) is 0 Å². The van der Waals surface area contributed by atoms with Gasteiger partial charge in [-0.3, -0.25) is 9.69 Å². The van der Waals surface area contributed by atoms with Crippen molar-refractivity contribution in [3.8, 4) is 0 Å². The van der Waals surface area contributed by atoms with Gasteiger partial charge in [0.1, 0.15) is 0 Å². The van der Waals surface area contributed by atoms with E-state index < -0.39 is 0 Å². The molecule has 0 aromatic heterocycles. The summed E-state index contributed by atoms with van der Waals surface area (Å²) in [5.74, 6) is 2.34. The number of nitrogens with one attached hydrogen (secondary N) is 2. The van der Waals surface area contributed by atoms with E-state index in [1.165, 1.54) is 49.9 Å². The molecule has 1 unspecified atom stereocenters. The van der Waals surface area contributed by atoms with E-state index in [0.717, 1.165) is 24.6 Å². The lowest BCUT2D eigenvalue weighted by atomic mass is 10.1. The fourth-order valence-corrected chi connectivity index (χ4v) is 4.51. The Morgan fingerprint density at radius 1 is 1.12 bits per heavy atom. The van der Waals surface area contributed by atoms with Gasteiger partial charge in [0, 0.05) is 43.6 Å². The molecule has 0 radical (unpaired) electrons. The molecule has 2 aliphatic heterocycles.